The summed E-state index contributed by atoms with van der Waals surface area (Å²) in [5.41, 5.74) is 1.93. The number of hydrogen-bond acceptors (Lipinski definition) is 7. The summed E-state index contributed by atoms with van der Waals surface area (Å²) in [6.07, 6.45) is 4.37. The fourth-order valence-electron chi connectivity index (χ4n) is 2.95. The minimum absolute atomic E-state index is 0.157. The molecule has 8 nitrogen and oxygen atoms in total. The predicted octanol–water partition coefficient (Wildman–Crippen LogP) is 1.92. The van der Waals surface area contributed by atoms with Crippen molar-refractivity contribution in [1.82, 2.24) is 24.7 Å². The summed E-state index contributed by atoms with van der Waals surface area (Å²) in [7, 11) is 0. The Morgan fingerprint density at radius 3 is 3.13 bits per heavy atom. The Bertz CT molecular complexity index is 826. The van der Waals surface area contributed by atoms with Crippen molar-refractivity contribution in [3.05, 3.63) is 35.9 Å². The molecular weight excluding hydrogens is 296 g/mol. The smallest absolute Gasteiger partial charge is 0.256 e. The van der Waals surface area contributed by atoms with E-state index in [4.69, 9.17) is 9.26 Å². The van der Waals surface area contributed by atoms with E-state index in [-0.39, 0.29) is 12.0 Å². The summed E-state index contributed by atoms with van der Waals surface area (Å²) in [5, 5.41) is 11.7. The first-order chi connectivity index (χ1) is 11.2. The monoisotopic (exact) mass is 314 g/mol. The van der Waals surface area contributed by atoms with Gasteiger partial charge in [0.05, 0.1) is 5.69 Å². The molecule has 4 rings (SSSR count). The molecule has 0 aromatic carbocycles. The van der Waals surface area contributed by atoms with Crippen LogP contribution in [0.3, 0.4) is 0 Å². The van der Waals surface area contributed by atoms with Crippen LogP contribution < -0.4 is 5.32 Å². The van der Waals surface area contributed by atoms with E-state index in [0.717, 1.165) is 30.0 Å². The number of hydrogen-bond donors (Lipinski definition) is 1. The van der Waals surface area contributed by atoms with Crippen LogP contribution in [0.4, 0.5) is 5.82 Å². The standard InChI is InChI=1S/C15H18N6O2/c1-9-7-12-14(16-4-5-21(12)19-9)17-8-11-3-6-22-13(11)15-18-10(2)20-23-15/h4-5,7,11,13H,3,6,8H2,1-2H3,(H,16,17)/t11-,13-/m0/s1. The number of anilines is 1. The van der Waals surface area contributed by atoms with E-state index >= 15 is 0 Å². The Morgan fingerprint density at radius 2 is 2.30 bits per heavy atom. The molecule has 0 spiro atoms. The molecule has 1 aliphatic rings. The van der Waals surface area contributed by atoms with Gasteiger partial charge in [-0.1, -0.05) is 5.16 Å². The highest BCUT2D eigenvalue weighted by atomic mass is 16.5. The predicted molar refractivity (Wildman–Crippen MR) is 82.0 cm³/mol. The van der Waals surface area contributed by atoms with Gasteiger partial charge in [-0.25, -0.2) is 9.50 Å². The number of rotatable bonds is 4. The number of nitrogens with zero attached hydrogens (tertiary/aromatic N) is 5. The molecule has 4 heterocycles. The Hall–Kier alpha value is -2.48. The number of nitrogens with one attached hydrogen (secondary N) is 1. The Balaban J connectivity index is 1.51. The maximum Gasteiger partial charge on any atom is 0.256 e. The largest absolute Gasteiger partial charge is 0.368 e. The number of aromatic nitrogens is 5. The maximum atomic E-state index is 5.77. The van der Waals surface area contributed by atoms with Gasteiger partial charge in [0.25, 0.3) is 5.89 Å². The van der Waals surface area contributed by atoms with Gasteiger partial charge in [-0.05, 0) is 26.3 Å². The van der Waals surface area contributed by atoms with E-state index in [1.54, 1.807) is 6.20 Å². The second-order valence-corrected chi connectivity index (χ2v) is 5.79. The van der Waals surface area contributed by atoms with Crippen molar-refractivity contribution in [1.29, 1.82) is 0 Å². The first kappa shape index (κ1) is 14.1. The number of fused-ring (bicyclic) bond motifs is 1. The van der Waals surface area contributed by atoms with Crippen LogP contribution in [0.1, 0.15) is 29.9 Å². The minimum atomic E-state index is -0.157. The molecule has 8 heteroatoms. The quantitative estimate of drug-likeness (QED) is 0.786. The average Bonchev–Trinajstić information content (AvgIpc) is 3.23. The lowest BCUT2D eigenvalue weighted by molar-refractivity contribution is 0.0650. The highest BCUT2D eigenvalue weighted by Crippen LogP contribution is 2.33. The van der Waals surface area contributed by atoms with Gasteiger partial charge >= 0.3 is 0 Å². The van der Waals surface area contributed by atoms with Gasteiger partial charge in [0.1, 0.15) is 11.6 Å². The highest BCUT2D eigenvalue weighted by Gasteiger charge is 2.33. The maximum absolute atomic E-state index is 5.77. The molecule has 23 heavy (non-hydrogen) atoms. The van der Waals surface area contributed by atoms with Crippen LogP contribution in [0.25, 0.3) is 5.52 Å². The molecule has 0 saturated carbocycles. The topological polar surface area (TPSA) is 90.4 Å². The molecule has 3 aromatic rings. The first-order valence-electron chi connectivity index (χ1n) is 7.67. The van der Waals surface area contributed by atoms with E-state index in [1.165, 1.54) is 0 Å². The molecule has 1 fully saturated rings. The molecule has 3 aromatic heterocycles. The van der Waals surface area contributed by atoms with E-state index in [0.29, 0.717) is 18.3 Å². The SMILES string of the molecule is Cc1cc2c(NC[C@@H]3CCO[C@@H]3c3nc(C)no3)nccn2n1. The molecule has 1 N–H and O–H groups in total. The highest BCUT2D eigenvalue weighted by molar-refractivity contribution is 5.67. The van der Waals surface area contributed by atoms with E-state index < -0.39 is 0 Å². The molecule has 0 unspecified atom stereocenters. The van der Waals surface area contributed by atoms with Crippen molar-refractivity contribution in [2.24, 2.45) is 5.92 Å². The molecular formula is C15H18N6O2. The number of aryl methyl sites for hydroxylation is 2. The fourth-order valence-corrected chi connectivity index (χ4v) is 2.95. The van der Waals surface area contributed by atoms with Crippen LogP contribution in [0.2, 0.25) is 0 Å². The zero-order valence-corrected chi connectivity index (χ0v) is 13.1. The average molecular weight is 314 g/mol. The second-order valence-electron chi connectivity index (χ2n) is 5.79. The molecule has 1 saturated heterocycles. The van der Waals surface area contributed by atoms with Crippen LogP contribution in [-0.2, 0) is 4.74 Å². The van der Waals surface area contributed by atoms with Gasteiger partial charge in [-0.2, -0.15) is 10.1 Å². The van der Waals surface area contributed by atoms with Crippen molar-refractivity contribution >= 4 is 11.3 Å². The Labute approximate surface area is 132 Å². The van der Waals surface area contributed by atoms with E-state index in [9.17, 15) is 0 Å². The van der Waals surface area contributed by atoms with Crippen molar-refractivity contribution in [2.75, 3.05) is 18.5 Å². The third kappa shape index (κ3) is 2.65. The summed E-state index contributed by atoms with van der Waals surface area (Å²) >= 11 is 0. The normalized spacial score (nSPS) is 21.1. The van der Waals surface area contributed by atoms with Crippen LogP contribution in [0.5, 0.6) is 0 Å². The fraction of sp³-hybridized carbons (Fsp3) is 0.467. The lowest BCUT2D eigenvalue weighted by Gasteiger charge is -2.16. The summed E-state index contributed by atoms with van der Waals surface area (Å²) in [4.78, 5) is 8.71. The van der Waals surface area contributed by atoms with E-state index in [2.05, 4.69) is 25.5 Å². The third-order valence-corrected chi connectivity index (χ3v) is 4.04. The van der Waals surface area contributed by atoms with Crippen LogP contribution in [0.15, 0.2) is 23.0 Å². The summed E-state index contributed by atoms with van der Waals surface area (Å²) < 4.78 is 12.9. The zero-order valence-electron chi connectivity index (χ0n) is 13.1. The van der Waals surface area contributed by atoms with Gasteiger partial charge in [-0.3, -0.25) is 0 Å². The zero-order chi connectivity index (χ0) is 15.8. The second kappa shape index (κ2) is 5.62. The lowest BCUT2D eigenvalue weighted by atomic mass is 10.0. The molecule has 0 radical (unpaired) electrons. The Kier molecular flexibility index (Phi) is 3.45. The van der Waals surface area contributed by atoms with Gasteiger partial charge in [0, 0.05) is 31.5 Å². The minimum Gasteiger partial charge on any atom is -0.368 e. The summed E-state index contributed by atoms with van der Waals surface area (Å²) in [6.45, 7) is 5.20. The van der Waals surface area contributed by atoms with Crippen molar-refractivity contribution in [3.63, 3.8) is 0 Å². The third-order valence-electron chi connectivity index (χ3n) is 4.04. The van der Waals surface area contributed by atoms with Crippen molar-refractivity contribution < 1.29 is 9.26 Å². The molecule has 2 atom stereocenters. The van der Waals surface area contributed by atoms with Crippen LogP contribution in [-0.4, -0.2) is 37.9 Å². The molecule has 0 aliphatic carbocycles. The van der Waals surface area contributed by atoms with Gasteiger partial charge in [0.2, 0.25) is 0 Å². The first-order valence-corrected chi connectivity index (χ1v) is 7.67. The van der Waals surface area contributed by atoms with Crippen molar-refractivity contribution in [2.45, 2.75) is 26.4 Å². The van der Waals surface area contributed by atoms with Gasteiger partial charge < -0.3 is 14.6 Å². The molecule has 120 valence electrons. The number of ether oxygens (including phenoxy) is 1. The van der Waals surface area contributed by atoms with E-state index in [1.807, 2.05) is 30.6 Å². The summed E-state index contributed by atoms with van der Waals surface area (Å²) in [6, 6.07) is 2.01. The van der Waals surface area contributed by atoms with Crippen LogP contribution >= 0.6 is 0 Å². The molecule has 0 bridgehead atoms. The molecule has 1 aliphatic heterocycles. The van der Waals surface area contributed by atoms with Gasteiger partial charge in [0.15, 0.2) is 11.6 Å². The lowest BCUT2D eigenvalue weighted by Crippen LogP contribution is -2.19. The van der Waals surface area contributed by atoms with Crippen molar-refractivity contribution in [3.8, 4) is 0 Å². The molecule has 0 amide bonds. The Morgan fingerprint density at radius 1 is 1.39 bits per heavy atom. The van der Waals surface area contributed by atoms with Crippen LogP contribution in [0, 0.1) is 19.8 Å². The van der Waals surface area contributed by atoms with Gasteiger partial charge in [-0.15, -0.1) is 0 Å². The summed E-state index contributed by atoms with van der Waals surface area (Å²) in [5.74, 6) is 2.27.